The van der Waals surface area contributed by atoms with Crippen LogP contribution in [-0.4, -0.2) is 32.8 Å². The average Bonchev–Trinajstić information content (AvgIpc) is 3.31. The van der Waals surface area contributed by atoms with Crippen molar-refractivity contribution in [1.82, 2.24) is 19.9 Å². The number of hydrogen-bond acceptors (Lipinski definition) is 6. The number of nitrogens with zero attached hydrogens (tertiary/aromatic N) is 3. The van der Waals surface area contributed by atoms with Crippen molar-refractivity contribution in [3.63, 3.8) is 0 Å². The Morgan fingerprint density at radius 1 is 1.30 bits per heavy atom. The number of amides is 1. The molecule has 0 spiro atoms. The maximum absolute atomic E-state index is 13.9. The van der Waals surface area contributed by atoms with Crippen molar-refractivity contribution in [2.75, 3.05) is 7.05 Å². The van der Waals surface area contributed by atoms with Crippen LogP contribution in [0.25, 0.3) is 20.8 Å². The van der Waals surface area contributed by atoms with Gasteiger partial charge in [-0.25, -0.2) is 14.4 Å². The first-order valence-electron chi connectivity index (χ1n) is 7.95. The third kappa shape index (κ3) is 3.38. The van der Waals surface area contributed by atoms with Crippen molar-refractivity contribution in [3.05, 3.63) is 68.8 Å². The van der Waals surface area contributed by atoms with Gasteiger partial charge < -0.3 is 9.88 Å². The molecule has 1 aromatic carbocycles. The molecule has 0 fully saturated rings. The number of fused-ring (bicyclic) bond motifs is 1. The van der Waals surface area contributed by atoms with Gasteiger partial charge in [0.05, 0.1) is 18.3 Å². The Hall–Kier alpha value is -2.91. The lowest BCUT2D eigenvalue weighted by Gasteiger charge is -2.15. The first-order valence-corrected chi connectivity index (χ1v) is 9.65. The van der Waals surface area contributed by atoms with E-state index in [1.165, 1.54) is 28.5 Å². The fraction of sp³-hybridized carbons (Fsp3) is 0.111. The minimum Gasteiger partial charge on any atom is -0.333 e. The number of hydrogen-bond donors (Lipinski definition) is 1. The molecular weight excluding hydrogens is 387 g/mol. The number of carbonyl (C=O) groups is 1. The second kappa shape index (κ2) is 7.01. The molecule has 0 saturated heterocycles. The number of thiophene rings is 1. The zero-order valence-electron chi connectivity index (χ0n) is 14.1. The van der Waals surface area contributed by atoms with Crippen LogP contribution >= 0.6 is 22.7 Å². The summed E-state index contributed by atoms with van der Waals surface area (Å²) in [4.78, 5) is 37.8. The Balaban J connectivity index is 1.55. The number of aromatic amines is 1. The summed E-state index contributed by atoms with van der Waals surface area (Å²) < 4.78 is 14.5. The van der Waals surface area contributed by atoms with Gasteiger partial charge in [0.1, 0.15) is 26.2 Å². The monoisotopic (exact) mass is 400 g/mol. The average molecular weight is 400 g/mol. The Kier molecular flexibility index (Phi) is 4.54. The lowest BCUT2D eigenvalue weighted by atomic mass is 10.2. The van der Waals surface area contributed by atoms with Gasteiger partial charge in [-0.15, -0.1) is 22.7 Å². The zero-order valence-corrected chi connectivity index (χ0v) is 15.7. The summed E-state index contributed by atoms with van der Waals surface area (Å²) in [5, 5.41) is 2.24. The van der Waals surface area contributed by atoms with Gasteiger partial charge in [-0.05, 0) is 23.6 Å². The molecule has 0 unspecified atom stereocenters. The molecule has 136 valence electrons. The lowest BCUT2D eigenvalue weighted by Crippen LogP contribution is -2.27. The molecule has 9 heteroatoms. The molecule has 0 atom stereocenters. The van der Waals surface area contributed by atoms with Crippen LogP contribution in [0.4, 0.5) is 4.39 Å². The molecule has 0 saturated carbocycles. The first-order chi connectivity index (χ1) is 13.0. The third-order valence-electron chi connectivity index (χ3n) is 3.92. The number of rotatable bonds is 4. The van der Waals surface area contributed by atoms with E-state index >= 15 is 0 Å². The van der Waals surface area contributed by atoms with Gasteiger partial charge in [0, 0.05) is 12.6 Å². The van der Waals surface area contributed by atoms with E-state index < -0.39 is 0 Å². The first kappa shape index (κ1) is 17.5. The third-order valence-corrected chi connectivity index (χ3v) is 5.84. The largest absolute Gasteiger partial charge is 0.333 e. The van der Waals surface area contributed by atoms with Gasteiger partial charge in [0.15, 0.2) is 0 Å². The van der Waals surface area contributed by atoms with Crippen molar-refractivity contribution in [2.45, 2.75) is 6.54 Å². The minimum absolute atomic E-state index is 0.146. The fourth-order valence-electron chi connectivity index (χ4n) is 2.61. The van der Waals surface area contributed by atoms with E-state index in [1.807, 2.05) is 0 Å². The molecule has 1 N–H and O–H groups in total. The number of aromatic nitrogens is 3. The van der Waals surface area contributed by atoms with Gasteiger partial charge in [0.2, 0.25) is 0 Å². The molecule has 4 rings (SSSR count). The van der Waals surface area contributed by atoms with Crippen LogP contribution in [-0.2, 0) is 6.54 Å². The van der Waals surface area contributed by atoms with Gasteiger partial charge in [-0.1, -0.05) is 12.1 Å². The van der Waals surface area contributed by atoms with Crippen LogP contribution in [0.1, 0.15) is 15.5 Å². The van der Waals surface area contributed by atoms with Crippen molar-refractivity contribution < 1.29 is 9.18 Å². The zero-order chi connectivity index (χ0) is 19.0. The van der Waals surface area contributed by atoms with Crippen LogP contribution in [0, 0.1) is 5.82 Å². The number of benzene rings is 1. The highest BCUT2D eigenvalue weighted by atomic mass is 32.1. The Labute approximate surface area is 161 Å². The Morgan fingerprint density at radius 3 is 2.93 bits per heavy atom. The normalized spacial score (nSPS) is 11.0. The summed E-state index contributed by atoms with van der Waals surface area (Å²) in [6.07, 6.45) is 1.43. The molecule has 3 aromatic heterocycles. The molecule has 0 aliphatic heterocycles. The molecule has 27 heavy (non-hydrogen) atoms. The molecule has 0 aliphatic rings. The van der Waals surface area contributed by atoms with Gasteiger partial charge in [-0.2, -0.15) is 0 Å². The number of carbonyl (C=O) groups excluding carboxylic acids is 1. The molecule has 0 bridgehead atoms. The van der Waals surface area contributed by atoms with Gasteiger partial charge in [-0.3, -0.25) is 9.59 Å². The number of H-pyrrole nitrogens is 1. The molecular formula is C18H13FN4O2S2. The van der Waals surface area contributed by atoms with Crippen molar-refractivity contribution in [1.29, 1.82) is 0 Å². The van der Waals surface area contributed by atoms with E-state index in [2.05, 4.69) is 15.0 Å². The molecule has 4 aromatic rings. The van der Waals surface area contributed by atoms with E-state index in [-0.39, 0.29) is 23.8 Å². The van der Waals surface area contributed by atoms with Gasteiger partial charge >= 0.3 is 0 Å². The van der Waals surface area contributed by atoms with E-state index in [0.29, 0.717) is 31.5 Å². The summed E-state index contributed by atoms with van der Waals surface area (Å²) in [7, 11) is 1.61. The fourth-order valence-corrected chi connectivity index (χ4v) is 4.28. The van der Waals surface area contributed by atoms with Crippen LogP contribution < -0.4 is 5.56 Å². The van der Waals surface area contributed by atoms with Crippen LogP contribution in [0.2, 0.25) is 0 Å². The van der Waals surface area contributed by atoms with E-state index in [0.717, 1.165) is 11.3 Å². The SMILES string of the molecule is CN(Cc1nc2ccsc2c(=O)[nH]1)C(=O)c1cnc(-c2ccccc2F)s1. The molecule has 6 nitrogen and oxygen atoms in total. The number of nitrogens with one attached hydrogen (secondary N) is 1. The van der Waals surface area contributed by atoms with E-state index in [9.17, 15) is 14.0 Å². The minimum atomic E-state index is -0.384. The number of thiazole rings is 1. The second-order valence-corrected chi connectivity index (χ2v) is 7.77. The smallest absolute Gasteiger partial charge is 0.268 e. The van der Waals surface area contributed by atoms with E-state index in [4.69, 9.17) is 0 Å². The predicted molar refractivity (Wildman–Crippen MR) is 104 cm³/mol. The highest BCUT2D eigenvalue weighted by Gasteiger charge is 2.18. The van der Waals surface area contributed by atoms with Crippen molar-refractivity contribution in [2.24, 2.45) is 0 Å². The standard InChI is InChI=1S/C18H13FN4O2S2/c1-23(9-14-21-12-6-7-26-15(12)16(24)22-14)18(25)13-8-20-17(27-13)10-4-2-3-5-11(10)19/h2-8H,9H2,1H3,(H,21,22,24). The van der Waals surface area contributed by atoms with E-state index in [1.54, 1.807) is 36.7 Å². The number of halogens is 1. The summed E-state index contributed by atoms with van der Waals surface area (Å²) in [5.41, 5.74) is 0.753. The molecule has 3 heterocycles. The summed E-state index contributed by atoms with van der Waals surface area (Å²) in [6, 6.07) is 8.06. The lowest BCUT2D eigenvalue weighted by molar-refractivity contribution is 0.0786. The highest BCUT2D eigenvalue weighted by Crippen LogP contribution is 2.28. The molecule has 1 amide bonds. The second-order valence-electron chi connectivity index (χ2n) is 5.82. The van der Waals surface area contributed by atoms with Crippen molar-refractivity contribution >= 4 is 38.8 Å². The molecule has 0 aliphatic carbocycles. The van der Waals surface area contributed by atoms with Crippen LogP contribution in [0.15, 0.2) is 46.7 Å². The topological polar surface area (TPSA) is 79.0 Å². The highest BCUT2D eigenvalue weighted by molar-refractivity contribution is 7.17. The Bertz CT molecular complexity index is 1200. The summed E-state index contributed by atoms with van der Waals surface area (Å²) >= 11 is 2.44. The van der Waals surface area contributed by atoms with Gasteiger partial charge in [0.25, 0.3) is 11.5 Å². The van der Waals surface area contributed by atoms with Crippen LogP contribution in [0.5, 0.6) is 0 Å². The van der Waals surface area contributed by atoms with Crippen molar-refractivity contribution in [3.8, 4) is 10.6 Å². The Morgan fingerprint density at radius 2 is 2.11 bits per heavy atom. The maximum Gasteiger partial charge on any atom is 0.268 e. The quantitative estimate of drug-likeness (QED) is 0.568. The summed E-state index contributed by atoms with van der Waals surface area (Å²) in [6.45, 7) is 0.146. The van der Waals surface area contributed by atoms with Crippen LogP contribution in [0.3, 0.4) is 0 Å². The summed E-state index contributed by atoms with van der Waals surface area (Å²) in [5.74, 6) is -0.256. The molecule has 0 radical (unpaired) electrons. The maximum atomic E-state index is 13.9. The predicted octanol–water partition coefficient (Wildman–Crippen LogP) is 3.52.